The fourth-order valence-electron chi connectivity index (χ4n) is 5.93. The summed E-state index contributed by atoms with van der Waals surface area (Å²) in [5.41, 5.74) is 5.62. The number of H-pyrrole nitrogens is 2. The Kier molecular flexibility index (Phi) is 6.50. The van der Waals surface area contributed by atoms with Crippen LogP contribution in [0.1, 0.15) is 36.4 Å². The van der Waals surface area contributed by atoms with E-state index in [-0.39, 0.29) is 41.5 Å². The third-order valence-electron chi connectivity index (χ3n) is 8.22. The zero-order chi connectivity index (χ0) is 29.1. The molecule has 2 aliphatic rings. The maximum atomic E-state index is 13.6. The Morgan fingerprint density at radius 1 is 1.23 bits per heavy atom. The second kappa shape index (κ2) is 9.49. The third-order valence-corrected chi connectivity index (χ3v) is 8.22. The highest BCUT2D eigenvalue weighted by atomic mass is 19.4. The molecule has 4 atom stereocenters. The average molecular weight is 559 g/mol. The molecule has 1 aromatic carbocycles. The zero-order valence-electron chi connectivity index (χ0n) is 22.1. The van der Waals surface area contributed by atoms with Crippen LogP contribution in [0.25, 0.3) is 10.9 Å². The standard InChI is InChI=1S/C27H29F3N6O4/c1-12-4-5-17-13(6-12)7-14(24(39)32-17)8-18(23(31)38)33-25(40)22-21-16(26(21,2)3)11-36(22)20(37)10-15-9-19(35-34-15)27(28,29)30/h4-7,9,16,18,21-22H,8,10-11H2,1-3H3,(H2,31,38)(H,32,39)(H,33,40)(H,34,35)/t16-,18-,21-,22-/m0/s1. The van der Waals surface area contributed by atoms with Crippen LogP contribution >= 0.6 is 0 Å². The van der Waals surface area contributed by atoms with Gasteiger partial charge in [-0.25, -0.2) is 0 Å². The minimum atomic E-state index is -4.66. The van der Waals surface area contributed by atoms with Crippen molar-refractivity contribution in [2.24, 2.45) is 23.0 Å². The van der Waals surface area contributed by atoms with Crippen LogP contribution in [0, 0.1) is 24.2 Å². The van der Waals surface area contributed by atoms with E-state index < -0.39 is 53.7 Å². The van der Waals surface area contributed by atoms with Gasteiger partial charge in [-0.1, -0.05) is 25.5 Å². The van der Waals surface area contributed by atoms with Gasteiger partial charge in [0.05, 0.1) is 6.42 Å². The van der Waals surface area contributed by atoms with E-state index in [9.17, 15) is 32.3 Å². The van der Waals surface area contributed by atoms with Crippen molar-refractivity contribution in [3.05, 3.63) is 63.2 Å². The largest absolute Gasteiger partial charge is 0.435 e. The number of carbonyl (C=O) groups is 3. The Hall–Kier alpha value is -4.16. The van der Waals surface area contributed by atoms with Crippen molar-refractivity contribution in [3.8, 4) is 0 Å². The third kappa shape index (κ3) is 4.95. The Morgan fingerprint density at radius 2 is 1.95 bits per heavy atom. The molecule has 40 heavy (non-hydrogen) atoms. The summed E-state index contributed by atoms with van der Waals surface area (Å²) in [6, 6.07) is 5.74. The first-order valence-electron chi connectivity index (χ1n) is 12.8. The molecule has 1 aliphatic carbocycles. The van der Waals surface area contributed by atoms with Crippen LogP contribution in [-0.2, 0) is 33.4 Å². The number of primary amides is 1. The number of pyridine rings is 1. The first-order chi connectivity index (χ1) is 18.7. The van der Waals surface area contributed by atoms with Crippen LogP contribution in [0.15, 0.2) is 35.1 Å². The van der Waals surface area contributed by atoms with Crippen LogP contribution in [0.5, 0.6) is 0 Å². The number of aromatic amines is 2. The van der Waals surface area contributed by atoms with Gasteiger partial charge < -0.3 is 20.9 Å². The number of hydrogen-bond acceptors (Lipinski definition) is 5. The molecule has 5 N–H and O–H groups in total. The highest BCUT2D eigenvalue weighted by molar-refractivity contribution is 5.93. The summed E-state index contributed by atoms with van der Waals surface area (Å²) in [7, 11) is 0. The topological polar surface area (TPSA) is 154 Å². The predicted octanol–water partition coefficient (Wildman–Crippen LogP) is 1.82. The van der Waals surface area contributed by atoms with Crippen LogP contribution in [0.2, 0.25) is 0 Å². The molecule has 2 aromatic heterocycles. The summed E-state index contributed by atoms with van der Waals surface area (Å²) in [4.78, 5) is 55.9. The molecule has 3 aromatic rings. The van der Waals surface area contributed by atoms with Crippen molar-refractivity contribution in [2.45, 2.75) is 51.9 Å². The molecule has 1 saturated heterocycles. The fraction of sp³-hybridized carbons (Fsp3) is 0.444. The van der Waals surface area contributed by atoms with E-state index in [4.69, 9.17) is 5.73 Å². The summed E-state index contributed by atoms with van der Waals surface area (Å²) < 4.78 is 38.8. The van der Waals surface area contributed by atoms with E-state index in [1.165, 1.54) is 4.90 Å². The Balaban J connectivity index is 1.35. The van der Waals surface area contributed by atoms with Gasteiger partial charge in [0, 0.05) is 29.7 Å². The van der Waals surface area contributed by atoms with Gasteiger partial charge in [0.15, 0.2) is 5.69 Å². The molecular formula is C27H29F3N6O4. The van der Waals surface area contributed by atoms with E-state index in [0.717, 1.165) is 17.0 Å². The van der Waals surface area contributed by atoms with Crippen molar-refractivity contribution >= 4 is 28.6 Å². The predicted molar refractivity (Wildman–Crippen MR) is 138 cm³/mol. The monoisotopic (exact) mass is 558 g/mol. The minimum absolute atomic E-state index is 0.0123. The number of hydrogen-bond donors (Lipinski definition) is 4. The number of halogens is 3. The second-order valence-corrected chi connectivity index (χ2v) is 11.3. The first-order valence-corrected chi connectivity index (χ1v) is 12.8. The number of alkyl halides is 3. The molecule has 0 bridgehead atoms. The number of likely N-dealkylation sites (tertiary alicyclic amines) is 1. The lowest BCUT2D eigenvalue weighted by Gasteiger charge is -2.31. The van der Waals surface area contributed by atoms with Gasteiger partial charge in [-0.15, -0.1) is 0 Å². The Labute approximate surface area is 226 Å². The highest BCUT2D eigenvalue weighted by Crippen LogP contribution is 2.64. The molecule has 212 valence electrons. The molecule has 3 amide bonds. The summed E-state index contributed by atoms with van der Waals surface area (Å²) in [5.74, 6) is -2.19. The van der Waals surface area contributed by atoms with E-state index in [1.807, 2.05) is 32.9 Å². The first kappa shape index (κ1) is 27.4. The Bertz CT molecular complexity index is 1580. The number of piperidine rings is 1. The van der Waals surface area contributed by atoms with Gasteiger partial charge in [0.1, 0.15) is 12.1 Å². The van der Waals surface area contributed by atoms with E-state index >= 15 is 0 Å². The molecule has 13 heteroatoms. The van der Waals surface area contributed by atoms with E-state index in [0.29, 0.717) is 5.52 Å². The van der Waals surface area contributed by atoms with Gasteiger partial charge in [-0.05, 0) is 53.8 Å². The molecule has 0 unspecified atom stereocenters. The van der Waals surface area contributed by atoms with Crippen LogP contribution in [0.4, 0.5) is 13.2 Å². The SMILES string of the molecule is Cc1ccc2[nH]c(=O)c(C[C@H](NC(=O)[C@@H]3[C@@H]4[C@H](CN3C(=O)Cc3cc(C(F)(F)F)n[nH]3)C4(C)C)C(N)=O)cc2c1. The summed E-state index contributed by atoms with van der Waals surface area (Å²) in [6.07, 6.45) is -5.22. The smallest absolute Gasteiger partial charge is 0.368 e. The maximum absolute atomic E-state index is 13.6. The minimum Gasteiger partial charge on any atom is -0.368 e. The van der Waals surface area contributed by atoms with Gasteiger partial charge in [0.2, 0.25) is 17.7 Å². The van der Waals surface area contributed by atoms with Gasteiger partial charge in [-0.3, -0.25) is 24.3 Å². The van der Waals surface area contributed by atoms with Crippen LogP contribution in [0.3, 0.4) is 0 Å². The molecule has 0 radical (unpaired) electrons. The molecule has 2 fully saturated rings. The van der Waals surface area contributed by atoms with Crippen molar-refractivity contribution in [1.29, 1.82) is 0 Å². The summed E-state index contributed by atoms with van der Waals surface area (Å²) in [6.45, 7) is 6.09. The number of carbonyl (C=O) groups excluding carboxylic acids is 3. The number of amides is 3. The number of aryl methyl sites for hydroxylation is 1. The highest BCUT2D eigenvalue weighted by Gasteiger charge is 2.69. The molecule has 3 heterocycles. The Morgan fingerprint density at radius 3 is 2.60 bits per heavy atom. The molecule has 5 rings (SSSR count). The molecular weight excluding hydrogens is 529 g/mol. The average Bonchev–Trinajstić information content (AvgIpc) is 3.25. The number of fused-ring (bicyclic) bond motifs is 2. The fourth-order valence-corrected chi connectivity index (χ4v) is 5.93. The number of benzene rings is 1. The molecule has 1 saturated carbocycles. The van der Waals surface area contributed by atoms with Crippen molar-refractivity contribution in [3.63, 3.8) is 0 Å². The van der Waals surface area contributed by atoms with Crippen molar-refractivity contribution in [1.82, 2.24) is 25.4 Å². The second-order valence-electron chi connectivity index (χ2n) is 11.3. The number of aromatic nitrogens is 3. The molecule has 1 aliphatic heterocycles. The number of nitrogens with two attached hydrogens (primary N) is 1. The van der Waals surface area contributed by atoms with Crippen LogP contribution in [-0.4, -0.2) is 56.4 Å². The molecule has 10 nitrogen and oxygen atoms in total. The summed E-state index contributed by atoms with van der Waals surface area (Å²) in [5, 5.41) is 8.84. The lowest BCUT2D eigenvalue weighted by Crippen LogP contribution is -2.55. The zero-order valence-corrected chi connectivity index (χ0v) is 22.1. The lowest BCUT2D eigenvalue weighted by molar-refractivity contribution is -0.141. The van der Waals surface area contributed by atoms with Gasteiger partial charge >= 0.3 is 6.18 Å². The normalized spacial score (nSPS) is 22.1. The lowest BCUT2D eigenvalue weighted by atomic mass is 9.99. The van der Waals surface area contributed by atoms with Crippen LogP contribution < -0.4 is 16.6 Å². The number of nitrogens with one attached hydrogen (secondary N) is 3. The van der Waals surface area contributed by atoms with Crippen molar-refractivity contribution in [2.75, 3.05) is 6.54 Å². The number of nitrogens with zero attached hydrogens (tertiary/aromatic N) is 2. The molecule has 0 spiro atoms. The van der Waals surface area contributed by atoms with Gasteiger partial charge in [-0.2, -0.15) is 18.3 Å². The number of rotatable bonds is 7. The quantitative estimate of drug-likeness (QED) is 0.348. The van der Waals surface area contributed by atoms with Crippen molar-refractivity contribution < 1.29 is 27.6 Å². The van der Waals surface area contributed by atoms with Gasteiger partial charge in [0.25, 0.3) is 5.56 Å². The van der Waals surface area contributed by atoms with E-state index in [2.05, 4.69) is 20.5 Å². The summed E-state index contributed by atoms with van der Waals surface area (Å²) >= 11 is 0. The van der Waals surface area contributed by atoms with E-state index in [1.54, 1.807) is 12.1 Å². The maximum Gasteiger partial charge on any atom is 0.435 e.